The van der Waals surface area contributed by atoms with E-state index in [0.29, 0.717) is 0 Å². The molecule has 12 aromatic carbocycles. The first kappa shape index (κ1) is 37.4. The van der Waals surface area contributed by atoms with Gasteiger partial charge in [0, 0.05) is 0 Å². The molecule has 0 fully saturated rings. The minimum Gasteiger partial charge on any atom is -0.0622 e. The summed E-state index contributed by atoms with van der Waals surface area (Å²) in [5.41, 5.74) is 17.2. The van der Waals surface area contributed by atoms with Crippen molar-refractivity contribution in [3.8, 4) is 77.9 Å². The Balaban J connectivity index is 0.863. The Morgan fingerprint density at radius 2 is 0.438 bits per heavy atom. The highest BCUT2D eigenvalue weighted by atomic mass is 14.2. The van der Waals surface area contributed by atoms with E-state index in [1.165, 1.54) is 121 Å². The van der Waals surface area contributed by atoms with E-state index in [2.05, 4.69) is 255 Å². The van der Waals surface area contributed by atoms with Gasteiger partial charge in [-0.2, -0.15) is 0 Å². The van der Waals surface area contributed by atoms with Crippen LogP contribution in [0.25, 0.3) is 121 Å². The van der Waals surface area contributed by atoms with Crippen LogP contribution >= 0.6 is 0 Å². The molecule has 0 amide bonds. The molecule has 0 heterocycles. The van der Waals surface area contributed by atoms with Crippen LogP contribution in [0.3, 0.4) is 0 Å². The van der Waals surface area contributed by atoms with Crippen LogP contribution in [0.5, 0.6) is 0 Å². The molecule has 0 bridgehead atoms. The lowest BCUT2D eigenvalue weighted by Crippen LogP contribution is -1.91. The SMILES string of the molecule is c1ccc(-c2cc3ccccc3cc2-c2ccc(-c3c4ccccc4c(-c4ccc(-c5ccc(-c6ccc(-c7ccc8ccccc8c7)cc6)cc5)cc4)c4ccccc34)cc2)cc1. The van der Waals surface area contributed by atoms with Crippen LogP contribution in [-0.4, -0.2) is 0 Å². The monoisotopic (exact) mass is 810 g/mol. The highest BCUT2D eigenvalue weighted by Crippen LogP contribution is 2.45. The summed E-state index contributed by atoms with van der Waals surface area (Å²) < 4.78 is 0. The zero-order valence-electron chi connectivity index (χ0n) is 35.2. The summed E-state index contributed by atoms with van der Waals surface area (Å²) in [6, 6.07) is 93.4. The second-order valence-electron chi connectivity index (χ2n) is 16.8. The van der Waals surface area contributed by atoms with Gasteiger partial charge >= 0.3 is 0 Å². The lowest BCUT2D eigenvalue weighted by Gasteiger charge is -2.18. The van der Waals surface area contributed by atoms with Gasteiger partial charge < -0.3 is 0 Å². The predicted molar refractivity (Wildman–Crippen MR) is 275 cm³/mol. The largest absolute Gasteiger partial charge is 0.0622 e. The van der Waals surface area contributed by atoms with Crippen molar-refractivity contribution in [2.45, 2.75) is 0 Å². The third-order valence-electron chi connectivity index (χ3n) is 13.1. The summed E-state index contributed by atoms with van der Waals surface area (Å²) >= 11 is 0. The van der Waals surface area contributed by atoms with Gasteiger partial charge in [-0.3, -0.25) is 0 Å². The molecule has 0 saturated heterocycles. The molecule has 0 spiro atoms. The first-order chi connectivity index (χ1) is 31.7. The summed E-state index contributed by atoms with van der Waals surface area (Å²) in [7, 11) is 0. The fourth-order valence-corrected chi connectivity index (χ4v) is 9.81. The highest BCUT2D eigenvalue weighted by molar-refractivity contribution is 6.21. The Morgan fingerprint density at radius 1 is 0.156 bits per heavy atom. The standard InChI is InChI=1S/C64H42/c1-2-13-49(14-3-1)61-41-54-16-6-7-17-55(54)42-62(61)50-33-37-52(38-34-50)64-59-20-10-8-18-57(59)63(58-19-9-11-21-60(58)64)51-35-30-47(31-36-51)45-24-22-44(23-25-45)46-26-28-48(29-27-46)56-39-32-43-12-4-5-15-53(43)40-56/h1-42H. The summed E-state index contributed by atoms with van der Waals surface area (Å²) in [6.45, 7) is 0. The molecule has 0 atom stereocenters. The van der Waals surface area contributed by atoms with Crippen LogP contribution in [0, 0.1) is 0 Å². The van der Waals surface area contributed by atoms with E-state index >= 15 is 0 Å². The van der Waals surface area contributed by atoms with Gasteiger partial charge in [-0.15, -0.1) is 0 Å². The molecule has 0 N–H and O–H groups in total. The number of benzene rings is 12. The molecule has 0 aliphatic rings. The Hall–Kier alpha value is -8.32. The maximum Gasteiger partial charge on any atom is -0.00264 e. The topological polar surface area (TPSA) is 0 Å². The Bertz CT molecular complexity index is 3600. The first-order valence-corrected chi connectivity index (χ1v) is 22.1. The molecular weight excluding hydrogens is 769 g/mol. The van der Waals surface area contributed by atoms with Crippen molar-refractivity contribution in [1.29, 1.82) is 0 Å². The van der Waals surface area contributed by atoms with Gasteiger partial charge in [-0.05, 0) is 139 Å². The molecule has 0 aromatic heterocycles. The summed E-state index contributed by atoms with van der Waals surface area (Å²) in [4.78, 5) is 0. The normalized spacial score (nSPS) is 11.4. The van der Waals surface area contributed by atoms with Crippen LogP contribution < -0.4 is 0 Å². The zero-order valence-corrected chi connectivity index (χ0v) is 35.2. The Kier molecular flexibility index (Phi) is 9.28. The average Bonchev–Trinajstić information content (AvgIpc) is 3.38. The lowest BCUT2D eigenvalue weighted by molar-refractivity contribution is 1.58. The second-order valence-corrected chi connectivity index (χ2v) is 16.8. The number of fused-ring (bicyclic) bond motifs is 4. The quantitative estimate of drug-likeness (QED) is 0.141. The number of rotatable bonds is 7. The first-order valence-electron chi connectivity index (χ1n) is 22.1. The molecule has 0 radical (unpaired) electrons. The maximum atomic E-state index is 2.35. The van der Waals surface area contributed by atoms with Crippen LogP contribution in [0.4, 0.5) is 0 Å². The van der Waals surface area contributed by atoms with Gasteiger partial charge in [0.15, 0.2) is 0 Å². The molecule has 12 aromatic rings. The van der Waals surface area contributed by atoms with Crippen molar-refractivity contribution < 1.29 is 0 Å². The molecule has 0 saturated carbocycles. The van der Waals surface area contributed by atoms with Gasteiger partial charge in [0.05, 0.1) is 0 Å². The van der Waals surface area contributed by atoms with Gasteiger partial charge in [0.25, 0.3) is 0 Å². The molecule has 64 heavy (non-hydrogen) atoms. The maximum absolute atomic E-state index is 2.35. The summed E-state index contributed by atoms with van der Waals surface area (Å²) in [6.07, 6.45) is 0. The van der Waals surface area contributed by atoms with Crippen molar-refractivity contribution in [1.82, 2.24) is 0 Å². The number of hydrogen-bond donors (Lipinski definition) is 0. The van der Waals surface area contributed by atoms with Crippen molar-refractivity contribution in [2.24, 2.45) is 0 Å². The summed E-state index contributed by atoms with van der Waals surface area (Å²) in [5, 5.41) is 10.0. The summed E-state index contributed by atoms with van der Waals surface area (Å²) in [5.74, 6) is 0. The Labute approximate surface area is 374 Å². The van der Waals surface area contributed by atoms with E-state index < -0.39 is 0 Å². The van der Waals surface area contributed by atoms with Gasteiger partial charge in [-0.25, -0.2) is 0 Å². The molecule has 298 valence electrons. The smallest absolute Gasteiger partial charge is 0.00264 e. The van der Waals surface area contributed by atoms with Crippen molar-refractivity contribution in [2.75, 3.05) is 0 Å². The lowest BCUT2D eigenvalue weighted by atomic mass is 9.85. The zero-order chi connectivity index (χ0) is 42.4. The molecule has 0 heteroatoms. The van der Waals surface area contributed by atoms with E-state index in [-0.39, 0.29) is 0 Å². The molecule has 0 aliphatic heterocycles. The molecule has 0 aliphatic carbocycles. The minimum atomic E-state index is 1.20. The van der Waals surface area contributed by atoms with E-state index in [1.807, 2.05) is 0 Å². The predicted octanol–water partition coefficient (Wildman–Crippen LogP) is 18.0. The molecule has 12 rings (SSSR count). The molecular formula is C64H42. The van der Waals surface area contributed by atoms with Crippen molar-refractivity contribution >= 4 is 43.1 Å². The van der Waals surface area contributed by atoms with Gasteiger partial charge in [0.2, 0.25) is 0 Å². The van der Waals surface area contributed by atoms with E-state index in [4.69, 9.17) is 0 Å². The van der Waals surface area contributed by atoms with Crippen molar-refractivity contribution in [3.05, 3.63) is 255 Å². The third-order valence-corrected chi connectivity index (χ3v) is 13.1. The Morgan fingerprint density at radius 3 is 0.859 bits per heavy atom. The molecule has 0 nitrogen and oxygen atoms in total. The second kappa shape index (κ2) is 15.9. The average molecular weight is 811 g/mol. The van der Waals surface area contributed by atoms with Gasteiger partial charge in [0.1, 0.15) is 0 Å². The van der Waals surface area contributed by atoms with Crippen LogP contribution in [0.2, 0.25) is 0 Å². The number of hydrogen-bond acceptors (Lipinski definition) is 0. The van der Waals surface area contributed by atoms with Crippen LogP contribution in [0.1, 0.15) is 0 Å². The fraction of sp³-hybridized carbons (Fsp3) is 0. The van der Waals surface area contributed by atoms with Crippen LogP contribution in [-0.2, 0) is 0 Å². The van der Waals surface area contributed by atoms with Crippen LogP contribution in [0.15, 0.2) is 255 Å². The van der Waals surface area contributed by atoms with E-state index in [1.54, 1.807) is 0 Å². The molecule has 0 unspecified atom stereocenters. The highest BCUT2D eigenvalue weighted by Gasteiger charge is 2.18. The third kappa shape index (κ3) is 6.74. The van der Waals surface area contributed by atoms with Gasteiger partial charge in [-0.1, -0.05) is 237 Å². The van der Waals surface area contributed by atoms with Crippen molar-refractivity contribution in [3.63, 3.8) is 0 Å². The van der Waals surface area contributed by atoms with E-state index in [9.17, 15) is 0 Å². The van der Waals surface area contributed by atoms with E-state index in [0.717, 1.165) is 0 Å². The minimum absolute atomic E-state index is 1.20. The fourth-order valence-electron chi connectivity index (χ4n) is 9.81.